The zero-order valence-electron chi connectivity index (χ0n) is 13.8. The van der Waals surface area contributed by atoms with Crippen LogP contribution < -0.4 is 5.32 Å². The summed E-state index contributed by atoms with van der Waals surface area (Å²) in [6, 6.07) is 5.86. The molecule has 0 saturated carbocycles. The molecular weight excluding hydrogens is 292 g/mol. The molecule has 1 fully saturated rings. The summed E-state index contributed by atoms with van der Waals surface area (Å²) in [6.45, 7) is 6.28. The molecule has 1 aromatic carbocycles. The van der Waals surface area contributed by atoms with E-state index < -0.39 is 0 Å². The van der Waals surface area contributed by atoms with Crippen molar-refractivity contribution in [2.24, 2.45) is 0 Å². The summed E-state index contributed by atoms with van der Waals surface area (Å²) in [5.74, 6) is 0.00775. The summed E-state index contributed by atoms with van der Waals surface area (Å²) in [5.41, 5.74) is 3.16. The van der Waals surface area contributed by atoms with Gasteiger partial charge in [-0.2, -0.15) is 0 Å². The fourth-order valence-corrected chi connectivity index (χ4v) is 3.61. The lowest BCUT2D eigenvalue weighted by Gasteiger charge is -2.26. The number of esters is 1. The Morgan fingerprint density at radius 2 is 2.13 bits per heavy atom. The molecule has 1 aliphatic rings. The van der Waals surface area contributed by atoms with E-state index >= 15 is 0 Å². The first kappa shape index (κ1) is 15.9. The number of ether oxygens (including phenoxy) is 1. The fourth-order valence-electron chi connectivity index (χ4n) is 3.61. The Morgan fingerprint density at radius 1 is 1.39 bits per heavy atom. The number of carbonyl (C=O) groups is 1. The van der Waals surface area contributed by atoms with Gasteiger partial charge in [0, 0.05) is 22.6 Å². The Labute approximate surface area is 136 Å². The number of nitrogens with zero attached hydrogens (tertiary/aromatic N) is 1. The van der Waals surface area contributed by atoms with Crippen LogP contribution in [0.25, 0.3) is 10.9 Å². The molecule has 0 radical (unpaired) electrons. The number of piperidine rings is 1. The van der Waals surface area contributed by atoms with Gasteiger partial charge in [0.1, 0.15) is 5.75 Å². The summed E-state index contributed by atoms with van der Waals surface area (Å²) in [5, 5.41) is 14.2. The van der Waals surface area contributed by atoms with Crippen molar-refractivity contribution in [1.29, 1.82) is 0 Å². The average Bonchev–Trinajstić information content (AvgIpc) is 2.80. The Hall–Kier alpha value is -2.01. The van der Waals surface area contributed by atoms with E-state index in [4.69, 9.17) is 4.74 Å². The summed E-state index contributed by atoms with van der Waals surface area (Å²) in [6.07, 6.45) is 2.40. The smallest absolute Gasteiger partial charge is 0.310 e. The molecular formula is C18H24N2O3. The quantitative estimate of drug-likeness (QED) is 0.851. The van der Waals surface area contributed by atoms with Gasteiger partial charge in [-0.15, -0.1) is 0 Å². The molecule has 5 heteroatoms. The first-order chi connectivity index (χ1) is 11.1. The van der Waals surface area contributed by atoms with Gasteiger partial charge in [-0.05, 0) is 63.5 Å². The van der Waals surface area contributed by atoms with Crippen LogP contribution in [0.15, 0.2) is 18.2 Å². The summed E-state index contributed by atoms with van der Waals surface area (Å²) >= 11 is 0. The van der Waals surface area contributed by atoms with Crippen LogP contribution in [-0.4, -0.2) is 35.3 Å². The van der Waals surface area contributed by atoms with Gasteiger partial charge in [0.05, 0.1) is 13.0 Å². The molecule has 0 amide bonds. The molecule has 0 spiro atoms. The second kappa shape index (κ2) is 6.62. The van der Waals surface area contributed by atoms with Crippen LogP contribution in [0.5, 0.6) is 5.75 Å². The maximum absolute atomic E-state index is 12.0. The van der Waals surface area contributed by atoms with E-state index in [9.17, 15) is 9.90 Å². The van der Waals surface area contributed by atoms with Crippen molar-refractivity contribution in [1.82, 2.24) is 9.88 Å². The van der Waals surface area contributed by atoms with Crippen molar-refractivity contribution < 1.29 is 14.6 Å². The van der Waals surface area contributed by atoms with Gasteiger partial charge >= 0.3 is 5.97 Å². The standard InChI is InChI=1S/C18H24N2O3/c1-3-23-18(22)11-15-12(2)20(13-6-8-19-9-7-13)17-5-4-14(21)10-16(15)17/h4-5,10,13,19,21H,3,6-9,11H2,1-2H3. The number of aromatic hydroxyl groups is 1. The van der Waals surface area contributed by atoms with Gasteiger partial charge < -0.3 is 19.7 Å². The Bertz CT molecular complexity index is 715. The highest BCUT2D eigenvalue weighted by Gasteiger charge is 2.23. The molecule has 3 rings (SSSR count). The third-order valence-corrected chi connectivity index (χ3v) is 4.66. The molecule has 124 valence electrons. The van der Waals surface area contributed by atoms with Crippen LogP contribution in [0.1, 0.15) is 37.1 Å². The third-order valence-electron chi connectivity index (χ3n) is 4.66. The lowest BCUT2D eigenvalue weighted by atomic mass is 10.1. The number of phenols is 1. The fraction of sp³-hybridized carbons (Fsp3) is 0.500. The summed E-state index contributed by atoms with van der Waals surface area (Å²) in [7, 11) is 0. The highest BCUT2D eigenvalue weighted by Crippen LogP contribution is 2.34. The molecule has 0 atom stereocenters. The van der Waals surface area contributed by atoms with Crippen molar-refractivity contribution in [3.8, 4) is 5.75 Å². The molecule has 0 unspecified atom stereocenters. The number of nitrogens with one attached hydrogen (secondary N) is 1. The highest BCUT2D eigenvalue weighted by molar-refractivity contribution is 5.90. The second-order valence-corrected chi connectivity index (χ2v) is 6.10. The maximum Gasteiger partial charge on any atom is 0.310 e. The SMILES string of the molecule is CCOC(=O)Cc1c(C)n(C2CCNCC2)c2ccc(O)cc12. The van der Waals surface area contributed by atoms with Crippen LogP contribution >= 0.6 is 0 Å². The van der Waals surface area contributed by atoms with Gasteiger partial charge in [0.15, 0.2) is 0 Å². The zero-order chi connectivity index (χ0) is 16.4. The number of rotatable bonds is 4. The van der Waals surface area contributed by atoms with Gasteiger partial charge in [-0.25, -0.2) is 0 Å². The second-order valence-electron chi connectivity index (χ2n) is 6.10. The number of benzene rings is 1. The van der Waals surface area contributed by atoms with E-state index in [-0.39, 0.29) is 18.1 Å². The van der Waals surface area contributed by atoms with Crippen LogP contribution in [0.3, 0.4) is 0 Å². The van der Waals surface area contributed by atoms with Crippen LogP contribution in [0.2, 0.25) is 0 Å². The number of aromatic nitrogens is 1. The van der Waals surface area contributed by atoms with Crippen LogP contribution in [0, 0.1) is 6.92 Å². The Morgan fingerprint density at radius 3 is 2.83 bits per heavy atom. The van der Waals surface area contributed by atoms with Gasteiger partial charge in [-0.3, -0.25) is 4.79 Å². The predicted octanol–water partition coefficient (Wildman–Crippen LogP) is 2.69. The van der Waals surface area contributed by atoms with Gasteiger partial charge in [0.2, 0.25) is 0 Å². The maximum atomic E-state index is 12.0. The zero-order valence-corrected chi connectivity index (χ0v) is 13.8. The van der Waals surface area contributed by atoms with E-state index in [0.29, 0.717) is 12.6 Å². The first-order valence-corrected chi connectivity index (χ1v) is 8.30. The summed E-state index contributed by atoms with van der Waals surface area (Å²) in [4.78, 5) is 12.0. The molecule has 23 heavy (non-hydrogen) atoms. The molecule has 5 nitrogen and oxygen atoms in total. The summed E-state index contributed by atoms with van der Waals surface area (Å²) < 4.78 is 7.45. The monoisotopic (exact) mass is 316 g/mol. The number of hydrogen-bond donors (Lipinski definition) is 2. The van der Waals surface area contributed by atoms with E-state index in [2.05, 4.69) is 16.8 Å². The van der Waals surface area contributed by atoms with E-state index in [1.54, 1.807) is 12.1 Å². The molecule has 2 heterocycles. The van der Waals surface area contributed by atoms with Gasteiger partial charge in [-0.1, -0.05) is 0 Å². The predicted molar refractivity (Wildman–Crippen MR) is 89.8 cm³/mol. The van der Waals surface area contributed by atoms with Crippen molar-refractivity contribution in [3.63, 3.8) is 0 Å². The van der Waals surface area contributed by atoms with Gasteiger partial charge in [0.25, 0.3) is 0 Å². The Kier molecular flexibility index (Phi) is 4.57. The highest BCUT2D eigenvalue weighted by atomic mass is 16.5. The number of hydrogen-bond acceptors (Lipinski definition) is 4. The Balaban J connectivity index is 2.09. The van der Waals surface area contributed by atoms with Crippen molar-refractivity contribution in [2.75, 3.05) is 19.7 Å². The minimum Gasteiger partial charge on any atom is -0.508 e. The lowest BCUT2D eigenvalue weighted by molar-refractivity contribution is -0.142. The topological polar surface area (TPSA) is 63.5 Å². The van der Waals surface area contributed by atoms with E-state index in [1.165, 1.54) is 0 Å². The minimum atomic E-state index is -0.219. The van der Waals surface area contributed by atoms with Crippen molar-refractivity contribution in [2.45, 2.75) is 39.2 Å². The van der Waals surface area contributed by atoms with Crippen LogP contribution in [0.4, 0.5) is 0 Å². The van der Waals surface area contributed by atoms with E-state index in [0.717, 1.165) is 48.1 Å². The molecule has 1 saturated heterocycles. The first-order valence-electron chi connectivity index (χ1n) is 8.30. The largest absolute Gasteiger partial charge is 0.508 e. The van der Waals surface area contributed by atoms with Crippen molar-refractivity contribution in [3.05, 3.63) is 29.5 Å². The molecule has 1 aromatic heterocycles. The molecule has 2 aromatic rings. The number of fused-ring (bicyclic) bond motifs is 1. The van der Waals surface area contributed by atoms with E-state index in [1.807, 2.05) is 13.0 Å². The number of phenolic OH excluding ortho intramolecular Hbond substituents is 1. The molecule has 0 aliphatic carbocycles. The minimum absolute atomic E-state index is 0.219. The third kappa shape index (κ3) is 3.06. The molecule has 0 bridgehead atoms. The molecule has 1 aliphatic heterocycles. The normalized spacial score (nSPS) is 15.9. The van der Waals surface area contributed by atoms with Crippen LogP contribution in [-0.2, 0) is 16.0 Å². The average molecular weight is 316 g/mol. The lowest BCUT2D eigenvalue weighted by Crippen LogP contribution is -2.29. The van der Waals surface area contributed by atoms with Crippen molar-refractivity contribution >= 4 is 16.9 Å². The molecule has 2 N–H and O–H groups in total. The number of carbonyl (C=O) groups excluding carboxylic acids is 1.